The second-order valence-electron chi connectivity index (χ2n) is 8.74. The second-order valence-corrected chi connectivity index (χ2v) is 8.74. The summed E-state index contributed by atoms with van der Waals surface area (Å²) in [7, 11) is 1.60. The van der Waals surface area contributed by atoms with Gasteiger partial charge >= 0.3 is 6.03 Å². The summed E-state index contributed by atoms with van der Waals surface area (Å²) in [5.74, 6) is -1.21. The number of urea groups is 1. The number of carbonyl (C=O) groups is 1. The van der Waals surface area contributed by atoms with E-state index in [1.165, 1.54) is 16.8 Å². The van der Waals surface area contributed by atoms with Gasteiger partial charge in [0, 0.05) is 38.7 Å². The van der Waals surface area contributed by atoms with Gasteiger partial charge < -0.3 is 19.9 Å². The van der Waals surface area contributed by atoms with Crippen molar-refractivity contribution in [1.82, 2.24) is 20.0 Å². The number of aliphatic hydroxyl groups is 1. The van der Waals surface area contributed by atoms with E-state index in [-0.39, 0.29) is 17.6 Å². The normalized spacial score (nSPS) is 17.6. The summed E-state index contributed by atoms with van der Waals surface area (Å²) in [6.07, 6.45) is 0. The number of hydrogen-bond acceptors (Lipinski definition) is 6. The van der Waals surface area contributed by atoms with E-state index >= 15 is 0 Å². The Morgan fingerprint density at radius 3 is 2.54 bits per heavy atom. The molecular formula is C26H31F2N5O4. The van der Waals surface area contributed by atoms with Crippen LogP contribution in [-0.4, -0.2) is 71.8 Å². The Morgan fingerprint density at radius 1 is 1.16 bits per heavy atom. The molecule has 9 nitrogen and oxygen atoms in total. The van der Waals surface area contributed by atoms with E-state index in [0.29, 0.717) is 49.7 Å². The fraction of sp³-hybridized carbons (Fsp3) is 0.385. The maximum Gasteiger partial charge on any atom is 0.320 e. The fourth-order valence-electron chi connectivity index (χ4n) is 4.58. The van der Waals surface area contributed by atoms with Crippen molar-refractivity contribution in [3.8, 4) is 11.6 Å². The van der Waals surface area contributed by atoms with Gasteiger partial charge in [0.25, 0.3) is 0 Å². The van der Waals surface area contributed by atoms with Crippen LogP contribution in [0.2, 0.25) is 0 Å². The van der Waals surface area contributed by atoms with Crippen molar-refractivity contribution < 1.29 is 28.2 Å². The number of halogens is 2. The molecule has 0 bridgehead atoms. The van der Waals surface area contributed by atoms with Gasteiger partial charge in [-0.2, -0.15) is 0 Å². The van der Waals surface area contributed by atoms with Gasteiger partial charge in [0.15, 0.2) is 0 Å². The van der Waals surface area contributed by atoms with Gasteiger partial charge in [-0.25, -0.2) is 18.3 Å². The zero-order chi connectivity index (χ0) is 26.4. The van der Waals surface area contributed by atoms with Crippen LogP contribution in [0.1, 0.15) is 24.0 Å². The van der Waals surface area contributed by atoms with E-state index in [2.05, 4.69) is 20.6 Å². The second kappa shape index (κ2) is 12.1. The summed E-state index contributed by atoms with van der Waals surface area (Å²) in [5.41, 5.74) is 1.46. The largest absolute Gasteiger partial charge is 0.477 e. The number of methoxy groups -OCH3 is 1. The molecule has 0 saturated carbocycles. The SMILES string of the molecule is CCOc1nn(-c2ccccc2)c(NC(=O)N[C@@H]2CN(CCOC)C[C@H]2c2cc(F)cc(F)c2)c1CO. The van der Waals surface area contributed by atoms with Crippen LogP contribution in [-0.2, 0) is 11.3 Å². The lowest BCUT2D eigenvalue weighted by atomic mass is 9.94. The number of likely N-dealkylation sites (tertiary alicyclic amines) is 1. The molecule has 1 aliphatic heterocycles. The zero-order valence-corrected chi connectivity index (χ0v) is 20.8. The maximum absolute atomic E-state index is 14.0. The number of rotatable bonds is 10. The molecule has 2 atom stereocenters. The monoisotopic (exact) mass is 515 g/mol. The molecule has 2 aromatic carbocycles. The molecule has 198 valence electrons. The standard InChI is InChI=1S/C26H31F2N5O4/c1-3-37-25-22(16-34)24(33(31-25)20-7-5-4-6-8-20)30-26(35)29-23-15-32(9-10-36-2)14-21(23)17-11-18(27)13-19(28)12-17/h4-8,11-13,21,23,34H,3,9-10,14-16H2,1-2H3,(H2,29,30,35)/t21-,23+/m0/s1. The third-order valence-electron chi connectivity index (χ3n) is 6.26. The Labute approximate surface area is 214 Å². The highest BCUT2D eigenvalue weighted by Crippen LogP contribution is 2.31. The van der Waals surface area contributed by atoms with Gasteiger partial charge in [0.2, 0.25) is 5.88 Å². The molecule has 11 heteroatoms. The third kappa shape index (κ3) is 6.24. The number of nitrogens with zero attached hydrogens (tertiary/aromatic N) is 3. The number of carbonyl (C=O) groups excluding carboxylic acids is 1. The van der Waals surface area contributed by atoms with Gasteiger partial charge in [-0.15, -0.1) is 5.10 Å². The molecule has 37 heavy (non-hydrogen) atoms. The Morgan fingerprint density at radius 2 is 1.89 bits per heavy atom. The Kier molecular flexibility index (Phi) is 8.70. The van der Waals surface area contributed by atoms with E-state index in [0.717, 1.165) is 6.07 Å². The van der Waals surface area contributed by atoms with E-state index in [9.17, 15) is 18.7 Å². The first-order valence-electron chi connectivity index (χ1n) is 12.1. The van der Waals surface area contributed by atoms with E-state index < -0.39 is 30.3 Å². The first-order valence-corrected chi connectivity index (χ1v) is 12.1. The zero-order valence-electron chi connectivity index (χ0n) is 20.8. The minimum atomic E-state index is -0.670. The molecule has 0 spiro atoms. The summed E-state index contributed by atoms with van der Waals surface area (Å²) in [4.78, 5) is 15.3. The Bertz CT molecular complexity index is 1190. The van der Waals surface area contributed by atoms with Crippen molar-refractivity contribution in [2.75, 3.05) is 45.3 Å². The number of ether oxygens (including phenoxy) is 2. The average molecular weight is 516 g/mol. The van der Waals surface area contributed by atoms with Crippen molar-refractivity contribution in [3.05, 3.63) is 71.3 Å². The van der Waals surface area contributed by atoms with Gasteiger partial charge in [-0.3, -0.25) is 10.2 Å². The Hall–Kier alpha value is -3.54. The summed E-state index contributed by atoms with van der Waals surface area (Å²) < 4.78 is 40.2. The van der Waals surface area contributed by atoms with E-state index in [1.807, 2.05) is 30.3 Å². The van der Waals surface area contributed by atoms with Crippen molar-refractivity contribution in [2.24, 2.45) is 0 Å². The van der Waals surface area contributed by atoms with Crippen molar-refractivity contribution >= 4 is 11.8 Å². The lowest BCUT2D eigenvalue weighted by molar-refractivity contribution is 0.159. The maximum atomic E-state index is 14.0. The highest BCUT2D eigenvalue weighted by molar-refractivity contribution is 5.90. The molecule has 4 rings (SSSR count). The van der Waals surface area contributed by atoms with Crippen LogP contribution in [0.15, 0.2) is 48.5 Å². The number of anilines is 1. The molecule has 3 aromatic rings. The first-order chi connectivity index (χ1) is 17.9. The summed E-state index contributed by atoms with van der Waals surface area (Å²) in [6, 6.07) is 11.6. The van der Waals surface area contributed by atoms with E-state index in [4.69, 9.17) is 9.47 Å². The number of aromatic nitrogens is 2. The van der Waals surface area contributed by atoms with Crippen LogP contribution in [0.25, 0.3) is 5.69 Å². The quantitative estimate of drug-likeness (QED) is 0.383. The minimum absolute atomic E-state index is 0.212. The number of amides is 2. The van der Waals surface area contributed by atoms with E-state index in [1.54, 1.807) is 14.0 Å². The van der Waals surface area contributed by atoms with Crippen LogP contribution in [0.3, 0.4) is 0 Å². The molecule has 0 radical (unpaired) electrons. The molecule has 2 amide bonds. The molecule has 1 aromatic heterocycles. The minimum Gasteiger partial charge on any atom is -0.477 e. The number of para-hydroxylation sites is 1. The third-order valence-corrected chi connectivity index (χ3v) is 6.26. The molecule has 2 heterocycles. The predicted octanol–water partition coefficient (Wildman–Crippen LogP) is 3.28. The summed E-state index contributed by atoms with van der Waals surface area (Å²) >= 11 is 0. The van der Waals surface area contributed by atoms with Crippen molar-refractivity contribution in [3.63, 3.8) is 0 Å². The van der Waals surface area contributed by atoms with Crippen LogP contribution >= 0.6 is 0 Å². The highest BCUT2D eigenvalue weighted by atomic mass is 19.1. The van der Waals surface area contributed by atoms with Gasteiger partial charge in [-0.1, -0.05) is 18.2 Å². The molecule has 1 fully saturated rings. The number of nitrogens with one attached hydrogen (secondary N) is 2. The summed E-state index contributed by atoms with van der Waals surface area (Å²) in [5, 5.41) is 20.2. The van der Waals surface area contributed by atoms with Gasteiger partial charge in [-0.05, 0) is 36.8 Å². The first kappa shape index (κ1) is 26.5. The number of benzene rings is 2. The molecule has 1 saturated heterocycles. The molecule has 0 aliphatic carbocycles. The average Bonchev–Trinajstić information content (AvgIpc) is 3.43. The molecule has 1 aliphatic rings. The van der Waals surface area contributed by atoms with Crippen LogP contribution in [0.4, 0.5) is 19.4 Å². The summed E-state index contributed by atoms with van der Waals surface area (Å²) in [6.45, 7) is 3.78. The predicted molar refractivity (Wildman–Crippen MR) is 134 cm³/mol. The van der Waals surface area contributed by atoms with Gasteiger partial charge in [0.05, 0.1) is 37.1 Å². The smallest absolute Gasteiger partial charge is 0.320 e. The van der Waals surface area contributed by atoms with Crippen LogP contribution in [0.5, 0.6) is 5.88 Å². The molecule has 3 N–H and O–H groups in total. The number of aliphatic hydroxyl groups excluding tert-OH is 1. The van der Waals surface area contributed by atoms with Crippen molar-refractivity contribution in [1.29, 1.82) is 0 Å². The molecule has 0 unspecified atom stereocenters. The highest BCUT2D eigenvalue weighted by Gasteiger charge is 2.35. The lowest BCUT2D eigenvalue weighted by Crippen LogP contribution is -2.42. The number of hydrogen-bond donors (Lipinski definition) is 3. The lowest BCUT2D eigenvalue weighted by Gasteiger charge is -2.21. The topological polar surface area (TPSA) is 101 Å². The van der Waals surface area contributed by atoms with Gasteiger partial charge in [0.1, 0.15) is 17.5 Å². The molecular weight excluding hydrogens is 484 g/mol. The van der Waals surface area contributed by atoms with Crippen LogP contribution < -0.4 is 15.4 Å². The fourth-order valence-corrected chi connectivity index (χ4v) is 4.58. The van der Waals surface area contributed by atoms with Crippen molar-refractivity contribution in [2.45, 2.75) is 25.5 Å². The Balaban J connectivity index is 1.59. The van der Waals surface area contributed by atoms with Crippen LogP contribution in [0, 0.1) is 11.6 Å².